The first kappa shape index (κ1) is 27.0. The normalized spacial score (nSPS) is 28.8. The van der Waals surface area contributed by atoms with Crippen LogP contribution >= 0.6 is 34.8 Å². The third kappa shape index (κ3) is 5.79. The van der Waals surface area contributed by atoms with E-state index < -0.39 is 54.2 Å². The molecule has 0 aromatic carbocycles. The van der Waals surface area contributed by atoms with E-state index in [2.05, 4.69) is 33.1 Å². The number of rotatable bonds is 9. The molecule has 0 spiro atoms. The van der Waals surface area contributed by atoms with Gasteiger partial charge in [-0.15, -0.1) is 11.3 Å². The van der Waals surface area contributed by atoms with E-state index in [9.17, 15) is 28.6 Å². The van der Waals surface area contributed by atoms with Gasteiger partial charge in [0.1, 0.15) is 24.4 Å². The molecule has 2 aromatic heterocycles. The van der Waals surface area contributed by atoms with Gasteiger partial charge >= 0.3 is 23.5 Å². The number of azide groups is 1. The highest BCUT2D eigenvalue weighted by atomic mass is 32.1. The summed E-state index contributed by atoms with van der Waals surface area (Å²) in [6.45, 7) is -1.42. The number of aliphatic hydroxyl groups is 1. The number of nitrogen functional groups attached to an aromatic ring is 1. The highest BCUT2D eigenvalue weighted by Crippen LogP contribution is 2.66. The van der Waals surface area contributed by atoms with Gasteiger partial charge in [-0.05, 0) is 10.9 Å². The summed E-state index contributed by atoms with van der Waals surface area (Å²) in [7, 11) is -17.2. The van der Waals surface area contributed by atoms with Gasteiger partial charge in [0, 0.05) is 10.5 Å². The fourth-order valence-corrected chi connectivity index (χ4v) is 6.87. The zero-order valence-corrected chi connectivity index (χ0v) is 19.6. The smallest absolute Gasteiger partial charge is 0.387 e. The molecule has 0 amide bonds. The molecule has 6 atom stereocenters. The number of thiophene rings is 1. The molecule has 0 bridgehead atoms. The number of halogens is 1. The van der Waals surface area contributed by atoms with E-state index in [0.717, 1.165) is 17.7 Å². The molecule has 2 unspecified atom stereocenters. The Bertz CT molecular complexity index is 1290. The number of ether oxygens (including phenoxy) is 1. The van der Waals surface area contributed by atoms with E-state index in [-0.39, 0.29) is 16.9 Å². The van der Waals surface area contributed by atoms with Crippen LogP contribution in [0.5, 0.6) is 0 Å². The average Bonchev–Trinajstić information content (AvgIpc) is 3.20. The zero-order valence-electron chi connectivity index (χ0n) is 16.1. The number of aliphatic hydroxyl groups excluding tert-OH is 1. The van der Waals surface area contributed by atoms with Crippen molar-refractivity contribution >= 4 is 50.8 Å². The molecule has 3 rings (SSSR count). The van der Waals surface area contributed by atoms with E-state index in [1.54, 1.807) is 0 Å². The van der Waals surface area contributed by atoms with Crippen molar-refractivity contribution in [3.05, 3.63) is 27.7 Å². The summed E-state index contributed by atoms with van der Waals surface area (Å²) < 4.78 is 66.3. The monoisotopic (exact) mass is 566 g/mol. The molecule has 23 heteroatoms. The molecule has 1 fully saturated rings. The van der Waals surface area contributed by atoms with Crippen molar-refractivity contribution in [1.82, 2.24) is 9.97 Å². The Morgan fingerprint density at radius 1 is 1.26 bits per heavy atom. The van der Waals surface area contributed by atoms with Crippen LogP contribution in [0.25, 0.3) is 20.7 Å². The van der Waals surface area contributed by atoms with Crippen LogP contribution in [0.1, 0.15) is 11.7 Å². The molecule has 188 valence electrons. The van der Waals surface area contributed by atoms with E-state index in [1.165, 1.54) is 5.38 Å². The number of nitrogens with zero attached hydrogens (tertiary/aromatic N) is 5. The van der Waals surface area contributed by atoms with Gasteiger partial charge in [-0.3, -0.25) is 4.52 Å². The maximum Gasteiger partial charge on any atom is 0.490 e. The lowest BCUT2D eigenvalue weighted by molar-refractivity contribution is -0.105. The number of phosphoric acid groups is 3. The summed E-state index contributed by atoms with van der Waals surface area (Å²) in [6.07, 6.45) is -5.16. The summed E-state index contributed by atoms with van der Waals surface area (Å²) in [4.78, 5) is 46.0. The SMILES string of the molecule is [N-]=[N+]=N[C@@]1(COP(=O)(O)OP(=O)(O)OP(=O)(O)O)O[C@@H](c2csc3c(N)ncnc23)[C@H](F)[C@@H]1O. The minimum Gasteiger partial charge on any atom is -0.387 e. The van der Waals surface area contributed by atoms with Crippen molar-refractivity contribution in [1.29, 1.82) is 0 Å². The van der Waals surface area contributed by atoms with Gasteiger partial charge in [-0.25, -0.2) is 28.1 Å². The summed E-state index contributed by atoms with van der Waals surface area (Å²) in [5.74, 6) is 0.0733. The molecule has 1 aliphatic heterocycles. The predicted octanol–water partition coefficient (Wildman–Crippen LogP) is 1.39. The van der Waals surface area contributed by atoms with Crippen molar-refractivity contribution in [2.75, 3.05) is 12.3 Å². The molecular weight excluding hydrogens is 552 g/mol. The Balaban J connectivity index is 1.86. The Morgan fingerprint density at radius 3 is 2.56 bits per heavy atom. The first-order valence-electron chi connectivity index (χ1n) is 8.42. The van der Waals surface area contributed by atoms with Gasteiger partial charge < -0.3 is 35.2 Å². The summed E-state index contributed by atoms with van der Waals surface area (Å²) in [5, 5.41) is 14.9. The average molecular weight is 566 g/mol. The predicted molar refractivity (Wildman–Crippen MR) is 108 cm³/mol. The van der Waals surface area contributed by atoms with Gasteiger partial charge in [-0.2, -0.15) is 8.62 Å². The Morgan fingerprint density at radius 2 is 1.94 bits per heavy atom. The molecule has 2 aromatic rings. The molecule has 3 heterocycles. The topological polar surface area (TPSA) is 290 Å². The highest BCUT2D eigenvalue weighted by molar-refractivity contribution is 7.66. The fourth-order valence-electron chi connectivity index (χ4n) is 2.88. The second-order valence-corrected chi connectivity index (χ2v) is 11.8. The van der Waals surface area contributed by atoms with Gasteiger partial charge in [0.2, 0.25) is 0 Å². The van der Waals surface area contributed by atoms with Crippen molar-refractivity contribution in [2.24, 2.45) is 5.11 Å². The number of nitrogens with two attached hydrogens (primary N) is 1. The van der Waals surface area contributed by atoms with E-state index in [4.69, 9.17) is 25.8 Å². The van der Waals surface area contributed by atoms with Crippen LogP contribution in [0.3, 0.4) is 0 Å². The Kier molecular flexibility index (Phi) is 7.51. The van der Waals surface area contributed by atoms with Crippen LogP contribution in [0, 0.1) is 0 Å². The van der Waals surface area contributed by atoms with Crippen LogP contribution in [-0.4, -0.2) is 59.3 Å². The lowest BCUT2D eigenvalue weighted by Gasteiger charge is -2.27. The number of phosphoric ester groups is 1. The first-order chi connectivity index (χ1) is 15.6. The van der Waals surface area contributed by atoms with Gasteiger partial charge in [0.25, 0.3) is 0 Å². The van der Waals surface area contributed by atoms with Crippen LogP contribution < -0.4 is 5.73 Å². The third-order valence-corrected chi connectivity index (χ3v) is 8.96. The Labute approximate surface area is 191 Å². The minimum absolute atomic E-state index is 0.0639. The Hall–Kier alpha value is -1.59. The van der Waals surface area contributed by atoms with Gasteiger partial charge in [0.05, 0.1) is 16.8 Å². The minimum atomic E-state index is -5.85. The first-order valence-corrected chi connectivity index (χ1v) is 13.8. The highest BCUT2D eigenvalue weighted by Gasteiger charge is 2.57. The molecule has 0 saturated carbocycles. The lowest BCUT2D eigenvalue weighted by atomic mass is 10.0. The van der Waals surface area contributed by atoms with Crippen LogP contribution in [0.4, 0.5) is 10.2 Å². The van der Waals surface area contributed by atoms with E-state index >= 15 is 4.39 Å². The molecular formula is C11H14FN6O12P3S. The van der Waals surface area contributed by atoms with Gasteiger partial charge in [-0.1, -0.05) is 5.11 Å². The van der Waals surface area contributed by atoms with Crippen LogP contribution in [-0.2, 0) is 31.6 Å². The molecule has 34 heavy (non-hydrogen) atoms. The maximum absolute atomic E-state index is 15.0. The van der Waals surface area contributed by atoms with Crippen molar-refractivity contribution in [2.45, 2.75) is 24.1 Å². The summed E-state index contributed by atoms with van der Waals surface area (Å²) in [5.41, 5.74) is 12.1. The van der Waals surface area contributed by atoms with Gasteiger partial charge in [0.15, 0.2) is 11.9 Å². The number of aromatic nitrogens is 2. The molecule has 0 aliphatic carbocycles. The van der Waals surface area contributed by atoms with Crippen molar-refractivity contribution in [3.63, 3.8) is 0 Å². The maximum atomic E-state index is 15.0. The second-order valence-electron chi connectivity index (χ2n) is 6.45. The van der Waals surface area contributed by atoms with Crippen LogP contribution in [0.15, 0.2) is 16.8 Å². The lowest BCUT2D eigenvalue weighted by Crippen LogP contribution is -2.44. The molecule has 18 nitrogen and oxygen atoms in total. The van der Waals surface area contributed by atoms with Crippen molar-refractivity contribution < 1.29 is 60.6 Å². The van der Waals surface area contributed by atoms with Crippen molar-refractivity contribution in [3.8, 4) is 0 Å². The largest absolute Gasteiger partial charge is 0.490 e. The number of alkyl halides is 1. The number of fused-ring (bicyclic) bond motifs is 1. The quantitative estimate of drug-likeness (QED) is 0.108. The molecule has 1 aliphatic rings. The summed E-state index contributed by atoms with van der Waals surface area (Å²) in [6, 6.07) is 0. The van der Waals surface area contributed by atoms with E-state index in [0.29, 0.717) is 4.70 Å². The summed E-state index contributed by atoms with van der Waals surface area (Å²) >= 11 is 1.02. The molecule has 1 saturated heterocycles. The number of hydrogen-bond acceptors (Lipinski definition) is 13. The standard InChI is InChI=1S/C11H14FN6O12P3S/c12-5-7(4-1-34-8-6(4)15-3-16-10(8)13)28-11(9(5)19,17-18-14)2-27-32(23,24)30-33(25,26)29-31(20,21)22/h1,3,5,7,9,19H,2H2,(H,23,24)(H,25,26)(H2,13,15,16)(H2,20,21,22)/t5-,7-,9-,11-/m0/s1. The van der Waals surface area contributed by atoms with Crippen LogP contribution in [0.2, 0.25) is 0 Å². The molecule has 7 N–H and O–H groups in total. The second kappa shape index (κ2) is 9.46. The number of anilines is 1. The zero-order chi connectivity index (χ0) is 25.5. The fraction of sp³-hybridized carbons (Fsp3) is 0.455. The van der Waals surface area contributed by atoms with E-state index in [1.807, 2.05) is 0 Å². The third-order valence-electron chi connectivity index (χ3n) is 4.16. The number of hydrogen-bond donors (Lipinski definition) is 6. The molecule has 0 radical (unpaired) electrons.